The van der Waals surface area contributed by atoms with Gasteiger partial charge in [-0.25, -0.2) is 0 Å². The Morgan fingerprint density at radius 2 is 1.37 bits per heavy atom. The first-order valence-corrected chi connectivity index (χ1v) is 12.1. The molecule has 3 aromatic carbocycles. The van der Waals surface area contributed by atoms with Crippen LogP contribution in [0.15, 0.2) is 84.9 Å². The van der Waals surface area contributed by atoms with Crippen molar-refractivity contribution in [2.75, 3.05) is 18.9 Å². The summed E-state index contributed by atoms with van der Waals surface area (Å²) in [6, 6.07) is 27.9. The van der Waals surface area contributed by atoms with Crippen molar-refractivity contribution in [3.8, 4) is 0 Å². The van der Waals surface area contributed by atoms with Gasteiger partial charge in [0, 0.05) is 17.8 Å². The maximum absolute atomic E-state index is 12.4. The van der Waals surface area contributed by atoms with Crippen LogP contribution in [0, 0.1) is 0 Å². The number of amides is 1. The number of rotatable bonds is 7. The van der Waals surface area contributed by atoms with E-state index in [-0.39, 0.29) is 10.9 Å². The Kier molecular flexibility index (Phi) is 6.75. The lowest BCUT2D eigenvalue weighted by Crippen LogP contribution is -2.67. The number of hydrogen-bond acceptors (Lipinski definition) is 3. The summed E-state index contributed by atoms with van der Waals surface area (Å²) in [5.41, 5.74) is 6.93. The van der Waals surface area contributed by atoms with Gasteiger partial charge in [0.25, 0.3) is 14.2 Å². The van der Waals surface area contributed by atoms with Gasteiger partial charge >= 0.3 is 0 Å². The van der Waals surface area contributed by atoms with Crippen LogP contribution in [0.4, 0.5) is 5.69 Å². The van der Waals surface area contributed by atoms with Crippen molar-refractivity contribution < 1.29 is 9.22 Å². The molecule has 3 N–H and O–H groups in total. The molecule has 3 rings (SSSR count). The second-order valence-electron chi connectivity index (χ2n) is 8.39. The number of carbonyl (C=O) groups is 1. The molecule has 4 nitrogen and oxygen atoms in total. The summed E-state index contributed by atoms with van der Waals surface area (Å²) in [5.74, 6) is -0.124. The van der Waals surface area contributed by atoms with E-state index in [4.69, 9.17) is 10.2 Å². The molecule has 0 aliphatic carbocycles. The Morgan fingerprint density at radius 1 is 0.867 bits per heavy atom. The number of nitrogens with two attached hydrogens (primary N) is 1. The van der Waals surface area contributed by atoms with E-state index in [0.29, 0.717) is 24.4 Å². The molecule has 0 radical (unpaired) electrons. The van der Waals surface area contributed by atoms with Gasteiger partial charge in [-0.3, -0.25) is 4.79 Å². The second kappa shape index (κ2) is 9.28. The van der Waals surface area contributed by atoms with Crippen molar-refractivity contribution in [2.45, 2.75) is 25.8 Å². The zero-order valence-corrected chi connectivity index (χ0v) is 18.9. The first-order valence-electron chi connectivity index (χ1n) is 10.2. The third-order valence-corrected chi connectivity index (χ3v) is 10.3. The molecular weight excluding hydrogens is 388 g/mol. The summed E-state index contributed by atoms with van der Waals surface area (Å²) < 4.78 is 6.78. The molecule has 5 heteroatoms. The van der Waals surface area contributed by atoms with E-state index >= 15 is 0 Å². The average Bonchev–Trinajstić information content (AvgIpc) is 2.74. The minimum absolute atomic E-state index is 0.0866. The van der Waals surface area contributed by atoms with Crippen LogP contribution in [0.3, 0.4) is 0 Å². The highest BCUT2D eigenvalue weighted by Gasteiger charge is 2.49. The van der Waals surface area contributed by atoms with Crippen LogP contribution in [0.1, 0.15) is 31.1 Å². The molecule has 0 aliphatic rings. The van der Waals surface area contributed by atoms with E-state index < -0.39 is 8.32 Å². The van der Waals surface area contributed by atoms with Crippen LogP contribution in [-0.2, 0) is 4.43 Å². The van der Waals surface area contributed by atoms with Crippen molar-refractivity contribution in [3.63, 3.8) is 0 Å². The summed E-state index contributed by atoms with van der Waals surface area (Å²) in [6.45, 7) is 7.60. The summed E-state index contributed by atoms with van der Waals surface area (Å²) in [5, 5.41) is 5.34. The first-order chi connectivity index (χ1) is 14.3. The van der Waals surface area contributed by atoms with Gasteiger partial charge in [-0.2, -0.15) is 0 Å². The van der Waals surface area contributed by atoms with Crippen LogP contribution in [0.2, 0.25) is 5.04 Å². The largest absolute Gasteiger partial charge is 0.406 e. The lowest BCUT2D eigenvalue weighted by atomic mass is 10.2. The Bertz CT molecular complexity index is 912. The van der Waals surface area contributed by atoms with Crippen LogP contribution >= 0.6 is 0 Å². The Labute approximate surface area is 180 Å². The minimum Gasteiger partial charge on any atom is -0.406 e. The lowest BCUT2D eigenvalue weighted by molar-refractivity contribution is 0.0946. The van der Waals surface area contributed by atoms with Crippen molar-refractivity contribution >= 4 is 30.3 Å². The Hall–Kier alpha value is -2.89. The zero-order valence-electron chi connectivity index (χ0n) is 17.9. The molecule has 0 spiro atoms. The molecule has 1 amide bonds. The highest BCUT2D eigenvalue weighted by molar-refractivity contribution is 6.99. The van der Waals surface area contributed by atoms with Crippen molar-refractivity contribution in [1.82, 2.24) is 5.32 Å². The number of anilines is 1. The lowest BCUT2D eigenvalue weighted by Gasteiger charge is -2.43. The van der Waals surface area contributed by atoms with Crippen molar-refractivity contribution in [1.29, 1.82) is 0 Å². The summed E-state index contributed by atoms with van der Waals surface area (Å²) >= 11 is 0. The van der Waals surface area contributed by atoms with E-state index in [1.807, 2.05) is 12.1 Å². The zero-order chi connectivity index (χ0) is 21.6. The standard InChI is InChI=1S/C25H30N2O2Si/c1-25(2,3)30(22-10-6-4-7-11-22,23-12-8-5-9-13-23)29-19-18-27-24(28)20-14-16-21(26)17-15-20/h4-17H,18-19,26H2,1-3H3,(H,27,28). The fourth-order valence-electron chi connectivity index (χ4n) is 3.87. The van der Waals surface area contributed by atoms with E-state index in [0.717, 1.165) is 0 Å². The maximum atomic E-state index is 12.4. The summed E-state index contributed by atoms with van der Waals surface area (Å²) in [7, 11) is -2.58. The fourth-order valence-corrected chi connectivity index (χ4v) is 8.43. The molecule has 0 atom stereocenters. The van der Waals surface area contributed by atoms with Crippen molar-refractivity contribution in [2.24, 2.45) is 0 Å². The number of nitrogen functional groups attached to an aromatic ring is 1. The normalized spacial score (nSPS) is 11.8. The number of benzene rings is 3. The fraction of sp³-hybridized carbons (Fsp3) is 0.240. The number of hydrogen-bond donors (Lipinski definition) is 2. The highest BCUT2D eigenvalue weighted by atomic mass is 28.4. The first kappa shape index (κ1) is 21.8. The van der Waals surface area contributed by atoms with Crippen molar-refractivity contribution in [3.05, 3.63) is 90.5 Å². The summed E-state index contributed by atoms with van der Waals surface area (Å²) in [6.07, 6.45) is 0. The third-order valence-electron chi connectivity index (χ3n) is 5.30. The molecule has 0 aliphatic heterocycles. The molecule has 0 unspecified atom stereocenters. The predicted molar refractivity (Wildman–Crippen MR) is 127 cm³/mol. The van der Waals surface area contributed by atoms with Gasteiger partial charge in [0.05, 0.1) is 6.61 Å². The quantitative estimate of drug-likeness (QED) is 0.350. The van der Waals surface area contributed by atoms with Gasteiger partial charge < -0.3 is 15.5 Å². The molecule has 0 saturated heterocycles. The minimum atomic E-state index is -2.58. The monoisotopic (exact) mass is 418 g/mol. The van der Waals surface area contributed by atoms with E-state index in [1.54, 1.807) is 24.3 Å². The molecule has 0 aromatic heterocycles. The molecule has 0 fully saturated rings. The van der Waals surface area contributed by atoms with Gasteiger partial charge in [0.1, 0.15) is 0 Å². The van der Waals surface area contributed by atoms with Gasteiger partial charge in [-0.1, -0.05) is 81.4 Å². The molecule has 156 valence electrons. The molecule has 3 aromatic rings. The Balaban J connectivity index is 1.81. The SMILES string of the molecule is CC(C)(C)[Si](OCCNC(=O)c1ccc(N)cc1)(c1ccccc1)c1ccccc1. The molecule has 0 saturated carbocycles. The number of nitrogens with one attached hydrogen (secondary N) is 1. The van der Waals surface area contributed by atoms with Gasteiger partial charge in [0.2, 0.25) is 0 Å². The topological polar surface area (TPSA) is 64.3 Å². The Morgan fingerprint density at radius 3 is 1.83 bits per heavy atom. The smallest absolute Gasteiger partial charge is 0.261 e. The van der Waals surface area contributed by atoms with Gasteiger partial charge in [0.15, 0.2) is 0 Å². The second-order valence-corrected chi connectivity index (χ2v) is 12.7. The highest BCUT2D eigenvalue weighted by Crippen LogP contribution is 2.36. The average molecular weight is 419 g/mol. The molecular formula is C25H30N2O2Si. The molecule has 0 heterocycles. The summed E-state index contributed by atoms with van der Waals surface area (Å²) in [4.78, 5) is 12.4. The number of carbonyl (C=O) groups excluding carboxylic acids is 1. The molecule has 30 heavy (non-hydrogen) atoms. The van der Waals surface area contributed by atoms with Gasteiger partial charge in [-0.15, -0.1) is 0 Å². The van der Waals surface area contributed by atoms with Crippen LogP contribution in [0.5, 0.6) is 0 Å². The van der Waals surface area contributed by atoms with Crippen LogP contribution in [0.25, 0.3) is 0 Å². The maximum Gasteiger partial charge on any atom is 0.261 e. The van der Waals surface area contributed by atoms with E-state index in [1.165, 1.54) is 10.4 Å². The predicted octanol–water partition coefficient (Wildman–Crippen LogP) is 3.58. The third kappa shape index (κ3) is 4.63. The molecule has 0 bridgehead atoms. The van der Waals surface area contributed by atoms with E-state index in [2.05, 4.69) is 74.6 Å². The van der Waals surface area contributed by atoms with Crippen LogP contribution in [-0.4, -0.2) is 27.4 Å². The van der Waals surface area contributed by atoms with Crippen LogP contribution < -0.4 is 21.4 Å². The van der Waals surface area contributed by atoms with E-state index in [9.17, 15) is 4.79 Å². The van der Waals surface area contributed by atoms with Gasteiger partial charge in [-0.05, 0) is 39.7 Å².